The molecule has 0 aliphatic rings. The van der Waals surface area contributed by atoms with E-state index in [1.54, 1.807) is 36.4 Å². The molecule has 0 aliphatic heterocycles. The van der Waals surface area contributed by atoms with E-state index in [0.29, 0.717) is 27.0 Å². The topological polar surface area (TPSA) is 49.3 Å². The summed E-state index contributed by atoms with van der Waals surface area (Å²) in [4.78, 5) is 10.8. The lowest BCUT2D eigenvalue weighted by Gasteiger charge is -2.13. The van der Waals surface area contributed by atoms with Crippen LogP contribution in [0.5, 0.6) is 0 Å². The van der Waals surface area contributed by atoms with Gasteiger partial charge in [0, 0.05) is 5.69 Å². The molecule has 0 fully saturated rings. The SMILES string of the molecule is O=C(O)C[13c]1[13cH][13cH][13cH][13cH][13c]1Nc1c(Cl)cccc1Cl. The fourth-order valence-electron chi connectivity index (χ4n) is 1.71. The Morgan fingerprint density at radius 3 is 2.32 bits per heavy atom. The first kappa shape index (κ1) is 13.7. The zero-order valence-corrected chi connectivity index (χ0v) is 11.4. The molecule has 0 amide bonds. The second-order valence-electron chi connectivity index (χ2n) is 3.95. The van der Waals surface area contributed by atoms with Crippen molar-refractivity contribution in [2.24, 2.45) is 0 Å². The largest absolute Gasteiger partial charge is 0.481 e. The summed E-state index contributed by atoms with van der Waals surface area (Å²) in [6.07, 6.45) is -0.0642. The molecule has 2 rings (SSSR count). The third-order valence-corrected chi connectivity index (χ3v) is 3.21. The standard InChI is InChI=1S/C14H11Cl2NO2/c15-10-5-3-6-11(16)14(10)17-12-7-2-1-4-9(12)8-13(18)19/h1-7,17H,8H2,(H,18,19)/i1+1,2+1,4+1,7+1,9+1,12+1. The van der Waals surface area contributed by atoms with Gasteiger partial charge in [0.15, 0.2) is 0 Å². The molecule has 3 nitrogen and oxygen atoms in total. The molecule has 0 saturated carbocycles. The van der Waals surface area contributed by atoms with Gasteiger partial charge >= 0.3 is 5.97 Å². The van der Waals surface area contributed by atoms with Gasteiger partial charge < -0.3 is 10.4 Å². The van der Waals surface area contributed by atoms with Crippen LogP contribution in [-0.4, -0.2) is 11.1 Å². The van der Waals surface area contributed by atoms with Crippen LogP contribution in [0.15, 0.2) is 42.5 Å². The molecular weight excluding hydrogens is 291 g/mol. The van der Waals surface area contributed by atoms with E-state index < -0.39 is 5.97 Å². The first-order valence-electron chi connectivity index (χ1n) is 5.58. The van der Waals surface area contributed by atoms with E-state index in [0.717, 1.165) is 0 Å². The van der Waals surface area contributed by atoms with E-state index in [1.807, 2.05) is 6.07 Å². The Morgan fingerprint density at radius 1 is 1.05 bits per heavy atom. The summed E-state index contributed by atoms with van der Waals surface area (Å²) in [5, 5.41) is 12.9. The number of carbonyl (C=O) groups is 1. The zero-order valence-electron chi connectivity index (χ0n) is 9.86. The minimum atomic E-state index is -0.889. The lowest BCUT2D eigenvalue weighted by Crippen LogP contribution is -2.04. The number of anilines is 2. The van der Waals surface area contributed by atoms with Crippen LogP contribution < -0.4 is 5.32 Å². The normalized spacial score (nSPS) is 10.2. The number of rotatable bonds is 4. The fraction of sp³-hybridized carbons (Fsp3) is 0.0714. The summed E-state index contributed by atoms with van der Waals surface area (Å²) in [6.45, 7) is 0. The Hall–Kier alpha value is -1.71. The highest BCUT2D eigenvalue weighted by Crippen LogP contribution is 2.33. The van der Waals surface area contributed by atoms with Crippen molar-refractivity contribution in [1.82, 2.24) is 0 Å². The Bertz CT molecular complexity index is 594. The number of carboxylic acid groups (broad SMARTS) is 1. The Balaban J connectivity index is 2.36. The minimum absolute atomic E-state index is 0.0642. The number of halogens is 2. The van der Waals surface area contributed by atoms with Gasteiger partial charge in [-0.3, -0.25) is 4.79 Å². The molecule has 2 aromatic carbocycles. The van der Waals surface area contributed by atoms with E-state index >= 15 is 0 Å². The highest BCUT2D eigenvalue weighted by Gasteiger charge is 2.10. The van der Waals surface area contributed by atoms with Crippen molar-refractivity contribution >= 4 is 40.5 Å². The minimum Gasteiger partial charge on any atom is -0.481 e. The lowest BCUT2D eigenvalue weighted by molar-refractivity contribution is -0.136. The predicted molar refractivity (Wildman–Crippen MR) is 77.5 cm³/mol. The zero-order chi connectivity index (χ0) is 13.8. The number of hydrogen-bond donors (Lipinski definition) is 2. The van der Waals surface area contributed by atoms with Crippen molar-refractivity contribution in [2.75, 3.05) is 5.32 Å². The molecule has 0 heterocycles. The Labute approximate surface area is 120 Å². The summed E-state index contributed by atoms with van der Waals surface area (Å²) < 4.78 is 0. The Morgan fingerprint density at radius 2 is 1.68 bits per heavy atom. The molecule has 98 valence electrons. The second kappa shape index (κ2) is 5.95. The molecule has 0 radical (unpaired) electrons. The van der Waals surface area contributed by atoms with Crippen LogP contribution >= 0.6 is 23.2 Å². The maximum absolute atomic E-state index is 10.8. The summed E-state index contributed by atoms with van der Waals surface area (Å²) in [5.41, 5.74) is 1.93. The van der Waals surface area contributed by atoms with Gasteiger partial charge in [0.25, 0.3) is 0 Å². The van der Waals surface area contributed by atoms with E-state index in [2.05, 4.69) is 5.32 Å². The molecule has 19 heavy (non-hydrogen) atoms. The monoisotopic (exact) mass is 301 g/mol. The lowest BCUT2D eigenvalue weighted by atomic mass is 10.3. The van der Waals surface area contributed by atoms with Gasteiger partial charge in [0.1, 0.15) is 0 Å². The van der Waals surface area contributed by atoms with Gasteiger partial charge in [-0.25, -0.2) is 0 Å². The van der Waals surface area contributed by atoms with Crippen molar-refractivity contribution < 1.29 is 9.90 Å². The molecule has 0 unspecified atom stereocenters. The maximum Gasteiger partial charge on any atom is 0.307 e. The maximum atomic E-state index is 10.8. The average molecular weight is 302 g/mol. The Kier molecular flexibility index (Phi) is 4.30. The van der Waals surface area contributed by atoms with Gasteiger partial charge in [-0.2, -0.15) is 0 Å². The number of benzene rings is 2. The third kappa shape index (κ3) is 3.40. The van der Waals surface area contributed by atoms with Crippen molar-refractivity contribution in [3.05, 3.63) is 58.1 Å². The molecular formula is C14H11Cl2NO2. The predicted octanol–water partition coefficient (Wildman–Crippen LogP) is 4.36. The molecule has 0 aromatic heterocycles. The van der Waals surface area contributed by atoms with Crippen LogP contribution in [-0.2, 0) is 11.2 Å². The summed E-state index contributed by atoms with van der Waals surface area (Å²) in [7, 11) is 0. The summed E-state index contributed by atoms with van der Waals surface area (Å²) >= 11 is 12.1. The van der Waals surface area contributed by atoms with Crippen molar-refractivity contribution in [3.8, 4) is 0 Å². The van der Waals surface area contributed by atoms with Gasteiger partial charge in [-0.1, -0.05) is 47.5 Å². The summed E-state index contributed by atoms with van der Waals surface area (Å²) in [6, 6.07) is 12.3. The van der Waals surface area contributed by atoms with Crippen LogP contribution in [0.3, 0.4) is 0 Å². The van der Waals surface area contributed by atoms with E-state index in [1.165, 1.54) is 0 Å². The molecule has 0 bridgehead atoms. The van der Waals surface area contributed by atoms with Crippen molar-refractivity contribution in [3.63, 3.8) is 0 Å². The van der Waals surface area contributed by atoms with Crippen LogP contribution in [0.2, 0.25) is 10.0 Å². The third-order valence-electron chi connectivity index (χ3n) is 2.58. The number of aliphatic carboxylic acids is 1. The van der Waals surface area contributed by atoms with Crippen LogP contribution in [0, 0.1) is 0 Å². The summed E-state index contributed by atoms with van der Waals surface area (Å²) in [5.74, 6) is -0.889. The molecule has 0 aliphatic carbocycles. The first-order valence-corrected chi connectivity index (χ1v) is 6.34. The van der Waals surface area contributed by atoms with Gasteiger partial charge in [-0.05, 0) is 23.8 Å². The average Bonchev–Trinajstić information content (AvgIpc) is 2.35. The second-order valence-corrected chi connectivity index (χ2v) is 4.76. The van der Waals surface area contributed by atoms with E-state index in [4.69, 9.17) is 28.3 Å². The number of para-hydroxylation sites is 2. The van der Waals surface area contributed by atoms with Gasteiger partial charge in [-0.15, -0.1) is 0 Å². The number of nitrogens with one attached hydrogen (secondary N) is 1. The van der Waals surface area contributed by atoms with Crippen LogP contribution in [0.1, 0.15) is 5.56 Å². The van der Waals surface area contributed by atoms with Crippen molar-refractivity contribution in [1.29, 1.82) is 0 Å². The van der Waals surface area contributed by atoms with Gasteiger partial charge in [0.05, 0.1) is 22.2 Å². The molecule has 0 spiro atoms. The molecule has 0 atom stereocenters. The molecule has 2 aromatic rings. The van der Waals surface area contributed by atoms with E-state index in [-0.39, 0.29) is 6.42 Å². The molecule has 2 N–H and O–H groups in total. The van der Waals surface area contributed by atoms with E-state index in [9.17, 15) is 4.79 Å². The van der Waals surface area contributed by atoms with Crippen LogP contribution in [0.4, 0.5) is 11.4 Å². The highest BCUT2D eigenvalue weighted by molar-refractivity contribution is 6.39. The first-order chi connectivity index (χ1) is 9.08. The molecule has 5 heteroatoms. The van der Waals surface area contributed by atoms with Crippen molar-refractivity contribution in [2.45, 2.75) is 6.42 Å². The quantitative estimate of drug-likeness (QED) is 0.882. The fourth-order valence-corrected chi connectivity index (χ4v) is 2.20. The smallest absolute Gasteiger partial charge is 0.307 e. The number of hydrogen-bond acceptors (Lipinski definition) is 2. The van der Waals surface area contributed by atoms with Gasteiger partial charge in [0.2, 0.25) is 0 Å². The highest BCUT2D eigenvalue weighted by atomic mass is 35.5. The number of carboxylic acids is 1. The molecule has 0 saturated heterocycles. The van der Waals surface area contributed by atoms with Crippen LogP contribution in [0.25, 0.3) is 0 Å².